The highest BCUT2D eigenvalue weighted by Gasteiger charge is 2.34. The van der Waals surface area contributed by atoms with E-state index in [1.807, 2.05) is 21.1 Å². The second-order valence-electron chi connectivity index (χ2n) is 12.0. The monoisotopic (exact) mass is 798 g/mol. The van der Waals surface area contributed by atoms with E-state index >= 15 is 0 Å². The smallest absolute Gasteiger partial charge is 0.408 e. The average Bonchev–Trinajstić information content (AvgIpc) is 3.07. The molecule has 0 heterocycles. The van der Waals surface area contributed by atoms with Crippen LogP contribution < -0.4 is 21.3 Å². The third-order valence-corrected chi connectivity index (χ3v) is 8.15. The summed E-state index contributed by atoms with van der Waals surface area (Å²) >= 11 is 7.38. The predicted molar refractivity (Wildman–Crippen MR) is 176 cm³/mol. The molecule has 4 N–H and O–H groups in total. The first-order valence-corrected chi connectivity index (χ1v) is 16.4. The lowest BCUT2D eigenvalue weighted by Gasteiger charge is -2.30. The zero-order valence-corrected chi connectivity index (χ0v) is 29.8. The summed E-state index contributed by atoms with van der Waals surface area (Å²) in [5, 5.41) is 10.1. The van der Waals surface area contributed by atoms with Crippen molar-refractivity contribution < 1.29 is 59.9 Å². The number of quaternary nitrogens is 1. The van der Waals surface area contributed by atoms with E-state index < -0.39 is 83.3 Å². The van der Waals surface area contributed by atoms with Crippen LogP contribution in [0.5, 0.6) is 0 Å². The molecule has 2 aromatic carbocycles. The van der Waals surface area contributed by atoms with Crippen molar-refractivity contribution in [2.75, 3.05) is 53.1 Å². The Labute approximate surface area is 298 Å². The molecule has 0 bridgehead atoms. The van der Waals surface area contributed by atoms with Crippen LogP contribution in [0, 0.1) is 29.1 Å². The number of carbonyl (C=O) groups is 5. The molecule has 0 aliphatic rings. The molecular formula is C31H38BrF5N5O7S+. The van der Waals surface area contributed by atoms with Gasteiger partial charge in [-0.15, -0.1) is 0 Å². The van der Waals surface area contributed by atoms with Crippen LogP contribution in [0.3, 0.4) is 0 Å². The van der Waals surface area contributed by atoms with Gasteiger partial charge in [0.05, 0.1) is 33.3 Å². The molecule has 19 heteroatoms. The van der Waals surface area contributed by atoms with E-state index in [1.165, 1.54) is 0 Å². The Morgan fingerprint density at radius 1 is 0.960 bits per heavy atom. The number of carbonyl (C=O) groups excluding carboxylic acids is 5. The number of hydrogen-bond donors (Lipinski definition) is 5. The topological polar surface area (TPSA) is 152 Å². The summed E-state index contributed by atoms with van der Waals surface area (Å²) < 4.78 is 78.7. The first-order valence-electron chi connectivity index (χ1n) is 14.9. The van der Waals surface area contributed by atoms with E-state index in [4.69, 9.17) is 4.74 Å². The highest BCUT2D eigenvalue weighted by molar-refractivity contribution is 9.10. The number of halogens is 6. The van der Waals surface area contributed by atoms with Gasteiger partial charge in [0, 0.05) is 35.3 Å². The number of benzene rings is 2. The third-order valence-electron chi connectivity index (χ3n) is 7.01. The first-order chi connectivity index (χ1) is 23.4. The largest absolute Gasteiger partial charge is 0.459 e. The number of thiol groups is 1. The number of esters is 1. The minimum absolute atomic E-state index is 0.0580. The second-order valence-corrected chi connectivity index (χ2v) is 13.2. The number of amides is 3. The number of hydrogen-bond acceptors (Lipinski definition) is 9. The van der Waals surface area contributed by atoms with Crippen LogP contribution in [-0.2, 0) is 41.9 Å². The van der Waals surface area contributed by atoms with Crippen LogP contribution in [0.4, 0.5) is 26.7 Å². The summed E-state index contributed by atoms with van der Waals surface area (Å²) in [5.74, 6) is -14.4. The molecule has 2 atom stereocenters. The van der Waals surface area contributed by atoms with Crippen molar-refractivity contribution in [1.29, 1.82) is 0 Å². The zero-order chi connectivity index (χ0) is 37.6. The fourth-order valence-corrected chi connectivity index (χ4v) is 4.77. The summed E-state index contributed by atoms with van der Waals surface area (Å²) in [6.07, 6.45) is -1.00. The van der Waals surface area contributed by atoms with Gasteiger partial charge in [-0.25, -0.2) is 26.7 Å². The van der Waals surface area contributed by atoms with Gasteiger partial charge < -0.3 is 40.0 Å². The van der Waals surface area contributed by atoms with Crippen molar-refractivity contribution in [3.63, 3.8) is 0 Å². The van der Waals surface area contributed by atoms with Crippen molar-refractivity contribution in [2.45, 2.75) is 37.6 Å². The SMILES string of the molecule is C[N+](C)(C)CCNCC(C=O)(CCC(=O)NC(CS)C(=O)NCC(=O)OCc1c(F)c(F)c(F)c(F)c1F)NC(=O)OCc1ccccc1Br. The fourth-order valence-electron chi connectivity index (χ4n) is 4.11. The molecule has 0 saturated heterocycles. The third kappa shape index (κ3) is 13.1. The summed E-state index contributed by atoms with van der Waals surface area (Å²) in [4.78, 5) is 62.6. The molecule has 2 rings (SSSR count). The molecule has 50 heavy (non-hydrogen) atoms. The van der Waals surface area contributed by atoms with Crippen molar-refractivity contribution >= 4 is 58.7 Å². The van der Waals surface area contributed by atoms with Gasteiger partial charge in [0.2, 0.25) is 17.6 Å². The summed E-state index contributed by atoms with van der Waals surface area (Å²) in [6, 6.07) is 5.72. The molecule has 0 aromatic heterocycles. The number of likely N-dealkylation sites (N-methyl/N-ethyl adjacent to an activating group) is 1. The fraction of sp³-hybridized carbons (Fsp3) is 0.452. The van der Waals surface area contributed by atoms with Gasteiger partial charge in [0.25, 0.3) is 0 Å². The molecule has 0 aliphatic heterocycles. The number of nitrogens with one attached hydrogen (secondary N) is 4. The molecule has 0 radical (unpaired) electrons. The lowest BCUT2D eigenvalue weighted by molar-refractivity contribution is -0.869. The van der Waals surface area contributed by atoms with Gasteiger partial charge in [-0.2, -0.15) is 12.6 Å². The van der Waals surface area contributed by atoms with Crippen LogP contribution in [0.1, 0.15) is 24.0 Å². The molecule has 0 fully saturated rings. The van der Waals surface area contributed by atoms with Gasteiger partial charge in [0.1, 0.15) is 37.6 Å². The maximum absolute atomic E-state index is 13.8. The molecule has 2 unspecified atom stereocenters. The Bertz CT molecular complexity index is 1520. The summed E-state index contributed by atoms with van der Waals surface area (Å²) in [7, 11) is 5.90. The number of aldehydes is 1. The van der Waals surface area contributed by atoms with Gasteiger partial charge in [0.15, 0.2) is 23.3 Å². The van der Waals surface area contributed by atoms with E-state index in [0.717, 1.165) is 0 Å². The Hall–Kier alpha value is -3.81. The highest BCUT2D eigenvalue weighted by atomic mass is 79.9. The van der Waals surface area contributed by atoms with Crippen LogP contribution in [0.15, 0.2) is 28.7 Å². The minimum atomic E-state index is -2.38. The number of rotatable bonds is 19. The maximum atomic E-state index is 13.8. The Kier molecular flexibility index (Phi) is 16.6. The molecule has 0 aliphatic carbocycles. The standard InChI is InChI=1S/C31H37BrF5N5O7S/c1-42(2,3)11-10-38-16-31(17-43,41-30(47)49-13-18-6-4-5-7-20(18)32)9-8-22(44)40-21(15-50)29(46)39-12-23(45)48-14-19-24(33)26(35)28(37)27(36)25(19)34/h4-7,17,21,38H,8-16H2,1-3H3,(H3-,39,40,41,44,46,47,50)/p+1. The van der Waals surface area contributed by atoms with Crippen LogP contribution in [-0.4, -0.2) is 99.3 Å². The molecular weight excluding hydrogens is 761 g/mol. The molecule has 276 valence electrons. The Morgan fingerprint density at radius 3 is 2.16 bits per heavy atom. The van der Waals surface area contributed by atoms with Crippen LogP contribution in [0.2, 0.25) is 0 Å². The van der Waals surface area contributed by atoms with Crippen LogP contribution in [0.25, 0.3) is 0 Å². The van der Waals surface area contributed by atoms with E-state index in [9.17, 15) is 45.9 Å². The zero-order valence-electron chi connectivity index (χ0n) is 27.3. The summed E-state index contributed by atoms with van der Waals surface area (Å²) in [5.41, 5.74) is -2.31. The van der Waals surface area contributed by atoms with Gasteiger partial charge >= 0.3 is 12.1 Å². The molecule has 0 saturated carbocycles. The molecule has 2 aromatic rings. The van der Waals surface area contributed by atoms with Crippen molar-refractivity contribution in [1.82, 2.24) is 21.3 Å². The van der Waals surface area contributed by atoms with E-state index in [0.29, 0.717) is 33.9 Å². The van der Waals surface area contributed by atoms with Gasteiger partial charge in [-0.1, -0.05) is 34.1 Å². The maximum Gasteiger partial charge on any atom is 0.408 e. The van der Waals surface area contributed by atoms with Crippen molar-refractivity contribution in [3.8, 4) is 0 Å². The summed E-state index contributed by atoms with van der Waals surface area (Å²) in [6.45, 7) is -1.25. The quantitative estimate of drug-likeness (QED) is 0.0213. The van der Waals surface area contributed by atoms with Crippen molar-refractivity contribution in [3.05, 3.63) is 69.0 Å². The first kappa shape index (κ1) is 42.4. The van der Waals surface area contributed by atoms with Gasteiger partial charge in [-0.3, -0.25) is 14.4 Å². The molecule has 0 spiro atoms. The van der Waals surface area contributed by atoms with E-state index in [1.54, 1.807) is 24.3 Å². The molecule has 12 nitrogen and oxygen atoms in total. The lowest BCUT2D eigenvalue weighted by Crippen LogP contribution is -2.58. The lowest BCUT2D eigenvalue weighted by atomic mass is 9.94. The average molecular weight is 800 g/mol. The number of nitrogens with zero attached hydrogens (tertiary/aromatic N) is 1. The Balaban J connectivity index is 1.98. The number of alkyl carbamates (subject to hydrolysis) is 1. The Morgan fingerprint density at radius 2 is 1.58 bits per heavy atom. The minimum Gasteiger partial charge on any atom is -0.459 e. The normalized spacial score (nSPS) is 13.1. The predicted octanol–water partition coefficient (Wildman–Crippen LogP) is 2.66. The van der Waals surface area contributed by atoms with E-state index in [-0.39, 0.29) is 31.7 Å². The van der Waals surface area contributed by atoms with Crippen LogP contribution >= 0.6 is 28.6 Å². The highest BCUT2D eigenvalue weighted by Crippen LogP contribution is 2.23. The second kappa shape index (κ2) is 19.5. The van der Waals surface area contributed by atoms with Gasteiger partial charge in [-0.05, 0) is 12.5 Å². The number of ether oxygens (including phenoxy) is 2. The van der Waals surface area contributed by atoms with Crippen molar-refractivity contribution in [2.24, 2.45) is 0 Å². The molecule has 3 amide bonds. The van der Waals surface area contributed by atoms with E-state index in [2.05, 4.69) is 54.6 Å².